The third-order valence-corrected chi connectivity index (χ3v) is 6.85. The van der Waals surface area contributed by atoms with E-state index in [-0.39, 0.29) is 35.5 Å². The Labute approximate surface area is 203 Å². The lowest BCUT2D eigenvalue weighted by Gasteiger charge is -2.40. The zero-order valence-electron chi connectivity index (χ0n) is 19.3. The maximum Gasteiger partial charge on any atom is 0.335 e. The molecule has 1 heterocycles. The molecule has 3 aromatic carbocycles. The van der Waals surface area contributed by atoms with Crippen molar-refractivity contribution >= 4 is 23.3 Å². The van der Waals surface area contributed by atoms with Crippen LogP contribution in [0.15, 0.2) is 90.1 Å². The van der Waals surface area contributed by atoms with Crippen molar-refractivity contribution in [2.24, 2.45) is 0 Å². The van der Waals surface area contributed by atoms with Crippen LogP contribution in [0, 0.1) is 0 Å². The monoisotopic (exact) mass is 467 g/mol. The van der Waals surface area contributed by atoms with E-state index in [1.165, 1.54) is 12.1 Å². The molecule has 0 saturated heterocycles. The molecule has 1 aliphatic heterocycles. The maximum absolute atomic E-state index is 13.7. The number of allylic oxidation sites excluding steroid dienone is 2. The highest BCUT2D eigenvalue weighted by Gasteiger charge is 2.42. The van der Waals surface area contributed by atoms with Gasteiger partial charge in [0.15, 0.2) is 5.78 Å². The van der Waals surface area contributed by atoms with E-state index in [4.69, 9.17) is 4.74 Å². The maximum atomic E-state index is 13.7. The second kappa shape index (κ2) is 9.22. The van der Waals surface area contributed by atoms with Crippen LogP contribution >= 0.6 is 0 Å². The standard InChI is InChI=1S/C29H25NO5/c1-35-23-12-6-9-19(14-23)24-17-27(32)30(22-11-5-10-20(13-22)29(33)34)25-15-21(16-26(31)28(24)25)18-7-3-2-4-8-18/h2-14,21,24H,15-17H2,1H3,(H,33,34). The minimum atomic E-state index is -1.07. The molecule has 0 fully saturated rings. The Morgan fingerprint density at radius 2 is 1.63 bits per heavy atom. The van der Waals surface area contributed by atoms with Gasteiger partial charge in [0.05, 0.1) is 12.7 Å². The summed E-state index contributed by atoms with van der Waals surface area (Å²) >= 11 is 0. The van der Waals surface area contributed by atoms with Crippen LogP contribution in [0.2, 0.25) is 0 Å². The highest BCUT2D eigenvalue weighted by Crippen LogP contribution is 2.47. The summed E-state index contributed by atoms with van der Waals surface area (Å²) in [4.78, 5) is 40.5. The normalized spacial score (nSPS) is 20.0. The molecule has 35 heavy (non-hydrogen) atoms. The molecule has 1 aliphatic carbocycles. The Balaban J connectivity index is 1.66. The second-order valence-electron chi connectivity index (χ2n) is 8.92. The molecular formula is C29H25NO5. The Kier molecular flexibility index (Phi) is 5.95. The predicted molar refractivity (Wildman–Crippen MR) is 132 cm³/mol. The van der Waals surface area contributed by atoms with E-state index in [0.717, 1.165) is 11.1 Å². The molecule has 0 spiro atoms. The number of benzene rings is 3. The fraction of sp³-hybridized carbons (Fsp3) is 0.207. The average molecular weight is 468 g/mol. The summed E-state index contributed by atoms with van der Waals surface area (Å²) in [6, 6.07) is 23.7. The molecule has 1 amide bonds. The number of hydrogen-bond acceptors (Lipinski definition) is 4. The molecule has 0 bridgehead atoms. The number of Topliss-reactive ketones (excluding diaryl/α,β-unsaturated/α-hetero) is 1. The lowest BCUT2D eigenvalue weighted by Crippen LogP contribution is -2.41. The summed E-state index contributed by atoms with van der Waals surface area (Å²) < 4.78 is 5.38. The van der Waals surface area contributed by atoms with Gasteiger partial charge in [0.1, 0.15) is 5.75 Å². The highest BCUT2D eigenvalue weighted by molar-refractivity contribution is 6.08. The topological polar surface area (TPSA) is 83.9 Å². The first-order valence-corrected chi connectivity index (χ1v) is 11.6. The molecule has 0 saturated carbocycles. The zero-order chi connectivity index (χ0) is 24.5. The van der Waals surface area contributed by atoms with Crippen LogP contribution in [-0.4, -0.2) is 29.9 Å². The summed E-state index contributed by atoms with van der Waals surface area (Å²) in [6.45, 7) is 0. The number of amides is 1. The van der Waals surface area contributed by atoms with Crippen molar-refractivity contribution in [3.8, 4) is 5.75 Å². The number of carbonyl (C=O) groups is 3. The largest absolute Gasteiger partial charge is 0.497 e. The van der Waals surface area contributed by atoms with Crippen LogP contribution in [0.5, 0.6) is 5.75 Å². The molecule has 6 heteroatoms. The fourth-order valence-electron chi connectivity index (χ4n) is 5.22. The summed E-state index contributed by atoms with van der Waals surface area (Å²) in [6.07, 6.45) is 0.986. The molecule has 6 nitrogen and oxygen atoms in total. The molecular weight excluding hydrogens is 442 g/mol. The van der Waals surface area contributed by atoms with Crippen molar-refractivity contribution in [1.82, 2.24) is 0 Å². The average Bonchev–Trinajstić information content (AvgIpc) is 2.88. The Morgan fingerprint density at radius 3 is 2.37 bits per heavy atom. The molecule has 2 unspecified atom stereocenters. The van der Waals surface area contributed by atoms with Crippen molar-refractivity contribution in [2.45, 2.75) is 31.1 Å². The summed E-state index contributed by atoms with van der Waals surface area (Å²) in [7, 11) is 1.59. The molecule has 3 aromatic rings. The van der Waals surface area contributed by atoms with E-state index < -0.39 is 5.97 Å². The van der Waals surface area contributed by atoms with Crippen LogP contribution in [0.4, 0.5) is 5.69 Å². The third-order valence-electron chi connectivity index (χ3n) is 6.85. The molecule has 176 valence electrons. The SMILES string of the molecule is COc1cccc(C2CC(=O)N(c3cccc(C(=O)O)c3)C3=C2C(=O)CC(c2ccccc2)C3)c1. The van der Waals surface area contributed by atoms with E-state index in [1.807, 2.05) is 54.6 Å². The number of carboxylic acids is 1. The summed E-state index contributed by atoms with van der Waals surface area (Å²) in [5.41, 5.74) is 3.74. The van der Waals surface area contributed by atoms with Gasteiger partial charge in [0.2, 0.25) is 5.91 Å². The fourth-order valence-corrected chi connectivity index (χ4v) is 5.22. The van der Waals surface area contributed by atoms with E-state index in [1.54, 1.807) is 24.1 Å². The number of nitrogens with zero attached hydrogens (tertiary/aromatic N) is 1. The number of ether oxygens (including phenoxy) is 1. The van der Waals surface area contributed by atoms with Gasteiger partial charge >= 0.3 is 5.97 Å². The highest BCUT2D eigenvalue weighted by atomic mass is 16.5. The van der Waals surface area contributed by atoms with Gasteiger partial charge in [0, 0.05) is 35.7 Å². The van der Waals surface area contributed by atoms with Crippen LogP contribution in [0.25, 0.3) is 0 Å². The van der Waals surface area contributed by atoms with Crippen molar-refractivity contribution < 1.29 is 24.2 Å². The van der Waals surface area contributed by atoms with Gasteiger partial charge in [-0.2, -0.15) is 0 Å². The van der Waals surface area contributed by atoms with E-state index >= 15 is 0 Å². The first-order chi connectivity index (χ1) is 17.0. The first-order valence-electron chi connectivity index (χ1n) is 11.6. The van der Waals surface area contributed by atoms with Gasteiger partial charge < -0.3 is 9.84 Å². The van der Waals surface area contributed by atoms with Crippen LogP contribution in [-0.2, 0) is 9.59 Å². The van der Waals surface area contributed by atoms with Gasteiger partial charge in [-0.25, -0.2) is 4.79 Å². The lowest BCUT2D eigenvalue weighted by molar-refractivity contribution is -0.120. The summed E-state index contributed by atoms with van der Waals surface area (Å²) in [5, 5.41) is 9.50. The Hall–Kier alpha value is -4.19. The Bertz CT molecular complexity index is 1340. The molecule has 0 radical (unpaired) electrons. The van der Waals surface area contributed by atoms with Gasteiger partial charge in [-0.1, -0.05) is 48.5 Å². The number of carboxylic acid groups (broad SMARTS) is 1. The zero-order valence-corrected chi connectivity index (χ0v) is 19.3. The molecule has 2 aliphatic rings. The van der Waals surface area contributed by atoms with Gasteiger partial charge in [-0.15, -0.1) is 0 Å². The van der Waals surface area contributed by atoms with Crippen molar-refractivity contribution in [3.63, 3.8) is 0 Å². The molecule has 5 rings (SSSR count). The van der Waals surface area contributed by atoms with E-state index in [0.29, 0.717) is 35.5 Å². The van der Waals surface area contributed by atoms with Gasteiger partial charge in [0.25, 0.3) is 0 Å². The second-order valence-corrected chi connectivity index (χ2v) is 8.92. The van der Waals surface area contributed by atoms with E-state index in [2.05, 4.69) is 0 Å². The molecule has 2 atom stereocenters. The lowest BCUT2D eigenvalue weighted by atomic mass is 9.72. The Morgan fingerprint density at radius 1 is 0.886 bits per heavy atom. The molecule has 1 N–H and O–H groups in total. The first kappa shape index (κ1) is 22.6. The quantitative estimate of drug-likeness (QED) is 0.549. The van der Waals surface area contributed by atoms with Crippen LogP contribution < -0.4 is 9.64 Å². The van der Waals surface area contributed by atoms with Gasteiger partial charge in [-0.3, -0.25) is 14.5 Å². The van der Waals surface area contributed by atoms with Crippen molar-refractivity contribution in [3.05, 3.63) is 107 Å². The third kappa shape index (κ3) is 4.23. The molecule has 0 aromatic heterocycles. The number of hydrogen-bond donors (Lipinski definition) is 1. The number of carbonyl (C=O) groups excluding carboxylic acids is 2. The van der Waals surface area contributed by atoms with Crippen LogP contribution in [0.3, 0.4) is 0 Å². The number of aromatic carboxylic acids is 1. The smallest absolute Gasteiger partial charge is 0.335 e. The number of ketones is 1. The number of anilines is 1. The number of rotatable bonds is 5. The van der Waals surface area contributed by atoms with Crippen LogP contribution in [0.1, 0.15) is 52.6 Å². The van der Waals surface area contributed by atoms with Crippen molar-refractivity contribution in [1.29, 1.82) is 0 Å². The van der Waals surface area contributed by atoms with Gasteiger partial charge in [-0.05, 0) is 53.8 Å². The number of methoxy groups -OCH3 is 1. The minimum absolute atomic E-state index is 0.0137. The van der Waals surface area contributed by atoms with Crippen molar-refractivity contribution in [2.75, 3.05) is 12.0 Å². The minimum Gasteiger partial charge on any atom is -0.497 e. The predicted octanol–water partition coefficient (Wildman–Crippen LogP) is 5.31. The van der Waals surface area contributed by atoms with E-state index in [9.17, 15) is 19.5 Å². The summed E-state index contributed by atoms with van der Waals surface area (Å²) in [5.74, 6) is -0.999.